The highest BCUT2D eigenvalue weighted by Gasteiger charge is 2.49. The minimum Gasteiger partial charge on any atom is -0.310 e. The normalized spacial score (nSPS) is 27.6. The largest absolute Gasteiger partial charge is 0.332 e. The number of aryl methyl sites for hydroxylation is 2. The summed E-state index contributed by atoms with van der Waals surface area (Å²) in [6, 6.07) is 1.51. The van der Waals surface area contributed by atoms with Crippen LogP contribution in [0.25, 0.3) is 0 Å². The minimum atomic E-state index is -3.77. The van der Waals surface area contributed by atoms with Gasteiger partial charge in [-0.1, -0.05) is 13.0 Å². The lowest BCUT2D eigenvalue weighted by Gasteiger charge is -2.48. The fourth-order valence-corrected chi connectivity index (χ4v) is 7.90. The van der Waals surface area contributed by atoms with Gasteiger partial charge in [0.05, 0.1) is 5.75 Å². The van der Waals surface area contributed by atoms with Crippen molar-refractivity contribution in [3.8, 4) is 0 Å². The summed E-state index contributed by atoms with van der Waals surface area (Å²) in [6.07, 6.45) is 9.19. The number of anilines is 1. The quantitative estimate of drug-likeness (QED) is 0.646. The molecule has 2 heterocycles. The standard InChI is InChI=1S/C23H34N4O3S/c1-2-23-10-5-12-27(23)13-11-24-20(23)15-31(29,30)26-22(28)25-21-18-8-3-6-16(18)14-17-7-4-9-19(17)21/h14,20,24H,2-13,15H2,1H3,(H2,25,26,28)/t20?,23-/m0/s1. The van der Waals surface area contributed by atoms with Crippen molar-refractivity contribution in [2.24, 2.45) is 0 Å². The lowest BCUT2D eigenvalue weighted by atomic mass is 9.84. The van der Waals surface area contributed by atoms with Crippen LogP contribution in [0.4, 0.5) is 10.5 Å². The number of carbonyl (C=O) groups excluding carboxylic acids is 1. The van der Waals surface area contributed by atoms with Crippen LogP contribution in [0, 0.1) is 0 Å². The zero-order valence-electron chi connectivity index (χ0n) is 18.4. The number of sulfonamides is 1. The molecule has 0 aromatic heterocycles. The van der Waals surface area contributed by atoms with Gasteiger partial charge in [0.25, 0.3) is 0 Å². The summed E-state index contributed by atoms with van der Waals surface area (Å²) in [4.78, 5) is 15.3. The number of nitrogens with one attached hydrogen (secondary N) is 3. The molecule has 2 atom stereocenters. The van der Waals surface area contributed by atoms with Gasteiger partial charge in [0.15, 0.2) is 0 Å². The Morgan fingerprint density at radius 1 is 1.13 bits per heavy atom. The van der Waals surface area contributed by atoms with E-state index >= 15 is 0 Å². The smallest absolute Gasteiger partial charge is 0.310 e. The van der Waals surface area contributed by atoms with E-state index in [0.717, 1.165) is 83.1 Å². The first kappa shape index (κ1) is 21.2. The Balaban J connectivity index is 1.31. The molecule has 8 heteroatoms. The predicted octanol–water partition coefficient (Wildman–Crippen LogP) is 2.33. The number of carbonyl (C=O) groups is 1. The van der Waals surface area contributed by atoms with Gasteiger partial charge in [0, 0.05) is 30.4 Å². The molecule has 170 valence electrons. The Morgan fingerprint density at radius 3 is 2.52 bits per heavy atom. The van der Waals surface area contributed by atoms with E-state index < -0.39 is 16.1 Å². The number of piperazine rings is 1. The molecule has 3 N–H and O–H groups in total. The molecule has 1 aromatic carbocycles. The molecule has 2 fully saturated rings. The first-order chi connectivity index (χ1) is 14.9. The van der Waals surface area contributed by atoms with E-state index in [0.29, 0.717) is 0 Å². The number of rotatable bonds is 5. The molecule has 0 bridgehead atoms. The second-order valence-corrected chi connectivity index (χ2v) is 11.4. The van der Waals surface area contributed by atoms with Gasteiger partial charge in [-0.2, -0.15) is 0 Å². The summed E-state index contributed by atoms with van der Waals surface area (Å²) >= 11 is 0. The molecular formula is C23H34N4O3S. The Hall–Kier alpha value is -1.64. The fourth-order valence-electron chi connectivity index (χ4n) is 6.62. The zero-order chi connectivity index (χ0) is 21.6. The first-order valence-corrected chi connectivity index (χ1v) is 13.5. The van der Waals surface area contributed by atoms with Crippen molar-refractivity contribution >= 4 is 21.7 Å². The van der Waals surface area contributed by atoms with Crippen LogP contribution in [-0.2, 0) is 35.7 Å². The Morgan fingerprint density at radius 2 is 1.84 bits per heavy atom. The molecule has 0 radical (unpaired) electrons. The lowest BCUT2D eigenvalue weighted by molar-refractivity contribution is 0.0629. The maximum absolute atomic E-state index is 13.0. The van der Waals surface area contributed by atoms with Crippen LogP contribution in [0.15, 0.2) is 6.07 Å². The van der Waals surface area contributed by atoms with Gasteiger partial charge in [-0.3, -0.25) is 4.90 Å². The van der Waals surface area contributed by atoms with Crippen molar-refractivity contribution in [2.75, 3.05) is 30.7 Å². The van der Waals surface area contributed by atoms with E-state index in [2.05, 4.69) is 33.2 Å². The molecule has 31 heavy (non-hydrogen) atoms. The zero-order valence-corrected chi connectivity index (χ0v) is 19.2. The van der Waals surface area contributed by atoms with Gasteiger partial charge in [0.1, 0.15) is 0 Å². The van der Waals surface area contributed by atoms with Crippen molar-refractivity contribution in [3.05, 3.63) is 28.3 Å². The lowest BCUT2D eigenvalue weighted by Crippen LogP contribution is -2.66. The second kappa shape index (κ2) is 8.05. The molecule has 1 unspecified atom stereocenters. The number of benzene rings is 1. The number of amides is 2. The first-order valence-electron chi connectivity index (χ1n) is 11.9. The fraction of sp³-hybridized carbons (Fsp3) is 0.696. The van der Waals surface area contributed by atoms with Crippen molar-refractivity contribution in [2.45, 2.75) is 76.3 Å². The summed E-state index contributed by atoms with van der Waals surface area (Å²) < 4.78 is 28.3. The maximum Gasteiger partial charge on any atom is 0.332 e. The van der Waals surface area contributed by atoms with Gasteiger partial charge >= 0.3 is 6.03 Å². The molecule has 2 saturated heterocycles. The van der Waals surface area contributed by atoms with Crippen LogP contribution in [0.3, 0.4) is 0 Å². The third kappa shape index (κ3) is 3.76. The van der Waals surface area contributed by atoms with E-state index in [1.54, 1.807) is 0 Å². The van der Waals surface area contributed by atoms with E-state index in [1.165, 1.54) is 22.3 Å². The topological polar surface area (TPSA) is 90.5 Å². The molecule has 2 aliphatic carbocycles. The highest BCUT2D eigenvalue weighted by atomic mass is 32.2. The minimum absolute atomic E-state index is 0.0736. The van der Waals surface area contributed by atoms with E-state index in [-0.39, 0.29) is 17.3 Å². The highest BCUT2D eigenvalue weighted by molar-refractivity contribution is 7.90. The SMILES string of the molecule is CC[C@@]12CCCN1CCNC2CS(=O)(=O)NC(=O)Nc1c2c(cc3c1CCC3)CCC2. The number of nitrogens with zero attached hydrogens (tertiary/aromatic N) is 1. The van der Waals surface area contributed by atoms with Crippen molar-refractivity contribution in [1.29, 1.82) is 0 Å². The molecule has 2 aliphatic heterocycles. The van der Waals surface area contributed by atoms with Crippen LogP contribution >= 0.6 is 0 Å². The van der Waals surface area contributed by atoms with Crippen LogP contribution < -0.4 is 15.4 Å². The van der Waals surface area contributed by atoms with Crippen LogP contribution in [0.5, 0.6) is 0 Å². The van der Waals surface area contributed by atoms with Crippen molar-refractivity contribution in [1.82, 2.24) is 14.9 Å². The number of hydrogen-bond donors (Lipinski definition) is 3. The average molecular weight is 447 g/mol. The molecule has 4 aliphatic rings. The summed E-state index contributed by atoms with van der Waals surface area (Å²) in [7, 11) is -3.77. The third-order valence-electron chi connectivity index (χ3n) is 8.05. The second-order valence-electron chi connectivity index (χ2n) is 9.63. The summed E-state index contributed by atoms with van der Waals surface area (Å²) in [5, 5.41) is 6.38. The Bertz CT molecular complexity index is 961. The Labute approximate surface area is 185 Å². The molecular weight excluding hydrogens is 412 g/mol. The molecule has 0 saturated carbocycles. The van der Waals surface area contributed by atoms with E-state index in [1.807, 2.05) is 0 Å². The van der Waals surface area contributed by atoms with Gasteiger partial charge in [0.2, 0.25) is 10.0 Å². The van der Waals surface area contributed by atoms with Gasteiger partial charge in [-0.25, -0.2) is 17.9 Å². The molecule has 7 nitrogen and oxygen atoms in total. The van der Waals surface area contributed by atoms with Gasteiger partial charge in [-0.05, 0) is 86.6 Å². The van der Waals surface area contributed by atoms with Crippen LogP contribution in [0.1, 0.15) is 61.3 Å². The molecule has 0 spiro atoms. The highest BCUT2D eigenvalue weighted by Crippen LogP contribution is 2.39. The Kier molecular flexibility index (Phi) is 5.51. The maximum atomic E-state index is 13.0. The van der Waals surface area contributed by atoms with E-state index in [9.17, 15) is 13.2 Å². The average Bonchev–Trinajstić information content (AvgIpc) is 3.46. The van der Waals surface area contributed by atoms with Crippen LogP contribution in [-0.4, -0.2) is 56.3 Å². The van der Waals surface area contributed by atoms with Crippen molar-refractivity contribution < 1.29 is 13.2 Å². The number of urea groups is 1. The van der Waals surface area contributed by atoms with Gasteiger partial charge in [-0.15, -0.1) is 0 Å². The number of fused-ring (bicyclic) bond motifs is 3. The van der Waals surface area contributed by atoms with Gasteiger partial charge < -0.3 is 10.6 Å². The molecule has 2 amide bonds. The summed E-state index contributed by atoms with van der Waals surface area (Å²) in [5.41, 5.74) is 5.79. The van der Waals surface area contributed by atoms with Crippen molar-refractivity contribution in [3.63, 3.8) is 0 Å². The monoisotopic (exact) mass is 446 g/mol. The summed E-state index contributed by atoms with van der Waals surface area (Å²) in [5.74, 6) is -0.0736. The predicted molar refractivity (Wildman–Crippen MR) is 122 cm³/mol. The van der Waals surface area contributed by atoms with E-state index in [4.69, 9.17) is 0 Å². The summed E-state index contributed by atoms with van der Waals surface area (Å²) in [6.45, 7) is 4.92. The molecule has 5 rings (SSSR count). The van der Waals surface area contributed by atoms with Crippen LogP contribution in [0.2, 0.25) is 0 Å². The molecule has 1 aromatic rings. The third-order valence-corrected chi connectivity index (χ3v) is 9.32. The number of hydrogen-bond acceptors (Lipinski definition) is 5.